The Morgan fingerprint density at radius 1 is 1.24 bits per heavy atom. The van der Waals surface area contributed by atoms with E-state index in [1.165, 1.54) is 71.1 Å². The topological polar surface area (TPSA) is 15.3 Å². The van der Waals surface area contributed by atoms with E-state index in [4.69, 9.17) is 0 Å². The zero-order valence-corrected chi connectivity index (χ0v) is 11.8. The van der Waals surface area contributed by atoms with Crippen LogP contribution in [0.25, 0.3) is 0 Å². The minimum atomic E-state index is 0.489. The second-order valence-electron chi connectivity index (χ2n) is 6.40. The molecule has 0 radical (unpaired) electrons. The minimum absolute atomic E-state index is 0.489. The van der Waals surface area contributed by atoms with E-state index in [1.54, 1.807) is 0 Å². The van der Waals surface area contributed by atoms with Gasteiger partial charge in [-0.3, -0.25) is 4.90 Å². The molecule has 0 bridgehead atoms. The fourth-order valence-electron chi connectivity index (χ4n) is 3.79. The highest BCUT2D eigenvalue weighted by Crippen LogP contribution is 2.30. The second-order valence-corrected chi connectivity index (χ2v) is 6.40. The van der Waals surface area contributed by atoms with Crippen LogP contribution < -0.4 is 5.32 Å². The largest absolute Gasteiger partial charge is 0.309 e. The lowest BCUT2D eigenvalue weighted by Crippen LogP contribution is -2.61. The Bertz CT molecular complexity index is 215. The first-order valence-corrected chi connectivity index (χ1v) is 7.71. The van der Waals surface area contributed by atoms with Gasteiger partial charge in [-0.2, -0.15) is 0 Å². The Hall–Kier alpha value is -0.0800. The van der Waals surface area contributed by atoms with Crippen LogP contribution in [0.1, 0.15) is 58.8 Å². The maximum Gasteiger partial charge on any atom is 0.0309 e. The Morgan fingerprint density at radius 3 is 2.71 bits per heavy atom. The van der Waals surface area contributed by atoms with E-state index in [1.807, 2.05) is 0 Å². The number of rotatable bonds is 4. The van der Waals surface area contributed by atoms with Gasteiger partial charge >= 0.3 is 0 Å². The van der Waals surface area contributed by atoms with Crippen LogP contribution in [0.15, 0.2) is 0 Å². The van der Waals surface area contributed by atoms with E-state index < -0.39 is 0 Å². The zero-order valence-electron chi connectivity index (χ0n) is 11.8. The molecule has 1 saturated carbocycles. The predicted molar refractivity (Wildman–Crippen MR) is 74.3 cm³/mol. The lowest BCUT2D eigenvalue weighted by Gasteiger charge is -2.46. The molecule has 17 heavy (non-hydrogen) atoms. The summed E-state index contributed by atoms with van der Waals surface area (Å²) in [7, 11) is 0. The molecule has 0 aromatic rings. The highest BCUT2D eigenvalue weighted by molar-refractivity contribution is 4.96. The van der Waals surface area contributed by atoms with E-state index in [9.17, 15) is 0 Å². The average Bonchev–Trinajstić information content (AvgIpc) is 2.30. The standard InChI is InChI=1S/C15H30N2/c1-3-7-14(2)12-17-11-10-16-15(13-17)8-5-4-6-9-15/h14,16H,3-13H2,1-2H3. The fourth-order valence-corrected chi connectivity index (χ4v) is 3.79. The van der Waals surface area contributed by atoms with Crippen LogP contribution >= 0.6 is 0 Å². The smallest absolute Gasteiger partial charge is 0.0309 e. The molecule has 100 valence electrons. The number of hydrogen-bond acceptors (Lipinski definition) is 2. The van der Waals surface area contributed by atoms with Gasteiger partial charge in [0.2, 0.25) is 0 Å². The van der Waals surface area contributed by atoms with Crippen molar-refractivity contribution in [3.8, 4) is 0 Å². The molecule has 1 spiro atoms. The molecule has 1 heterocycles. The molecule has 1 unspecified atom stereocenters. The first kappa shape index (κ1) is 13.4. The highest BCUT2D eigenvalue weighted by Gasteiger charge is 2.36. The number of hydrogen-bond donors (Lipinski definition) is 1. The van der Waals surface area contributed by atoms with Crippen LogP contribution in [-0.4, -0.2) is 36.6 Å². The number of nitrogens with one attached hydrogen (secondary N) is 1. The summed E-state index contributed by atoms with van der Waals surface area (Å²) in [6, 6.07) is 0. The third-order valence-corrected chi connectivity index (χ3v) is 4.62. The number of nitrogens with zero attached hydrogens (tertiary/aromatic N) is 1. The SMILES string of the molecule is CCCC(C)CN1CCNC2(CCCCC2)C1. The molecule has 2 aliphatic rings. The summed E-state index contributed by atoms with van der Waals surface area (Å²) in [4.78, 5) is 2.72. The molecule has 0 aromatic carbocycles. The van der Waals surface area contributed by atoms with Gasteiger partial charge in [0, 0.05) is 31.7 Å². The predicted octanol–water partition coefficient (Wildman–Crippen LogP) is 3.03. The van der Waals surface area contributed by atoms with Gasteiger partial charge < -0.3 is 5.32 Å². The van der Waals surface area contributed by atoms with E-state index in [0.29, 0.717) is 5.54 Å². The molecule has 2 nitrogen and oxygen atoms in total. The summed E-state index contributed by atoms with van der Waals surface area (Å²) >= 11 is 0. The number of piperazine rings is 1. The van der Waals surface area contributed by atoms with E-state index in [2.05, 4.69) is 24.1 Å². The molecular weight excluding hydrogens is 208 g/mol. The third kappa shape index (κ3) is 3.69. The van der Waals surface area contributed by atoms with Gasteiger partial charge in [0.15, 0.2) is 0 Å². The van der Waals surface area contributed by atoms with Gasteiger partial charge in [0.1, 0.15) is 0 Å². The lowest BCUT2D eigenvalue weighted by atomic mass is 9.80. The third-order valence-electron chi connectivity index (χ3n) is 4.62. The van der Waals surface area contributed by atoms with E-state index in [0.717, 1.165) is 5.92 Å². The molecule has 2 rings (SSSR count). The fraction of sp³-hybridized carbons (Fsp3) is 1.00. The molecule has 1 aliphatic heterocycles. The van der Waals surface area contributed by atoms with Crippen LogP contribution in [-0.2, 0) is 0 Å². The monoisotopic (exact) mass is 238 g/mol. The summed E-state index contributed by atoms with van der Waals surface area (Å²) in [5.74, 6) is 0.874. The summed E-state index contributed by atoms with van der Waals surface area (Å²) in [5, 5.41) is 3.83. The van der Waals surface area contributed by atoms with Crippen molar-refractivity contribution in [2.24, 2.45) is 5.92 Å². The second kappa shape index (κ2) is 6.19. The molecule has 1 N–H and O–H groups in total. The molecule has 1 atom stereocenters. The van der Waals surface area contributed by atoms with Crippen molar-refractivity contribution in [1.29, 1.82) is 0 Å². The zero-order chi connectivity index (χ0) is 12.1. The molecule has 1 aliphatic carbocycles. The van der Waals surface area contributed by atoms with Crippen LogP contribution in [0, 0.1) is 5.92 Å². The van der Waals surface area contributed by atoms with Gasteiger partial charge in [-0.15, -0.1) is 0 Å². The molecular formula is C15H30N2. The first-order valence-electron chi connectivity index (χ1n) is 7.71. The lowest BCUT2D eigenvalue weighted by molar-refractivity contribution is 0.0881. The van der Waals surface area contributed by atoms with Gasteiger partial charge in [0.25, 0.3) is 0 Å². The maximum absolute atomic E-state index is 3.83. The normalized spacial score (nSPS) is 27.2. The van der Waals surface area contributed by atoms with Crippen LogP contribution in [0.5, 0.6) is 0 Å². The quantitative estimate of drug-likeness (QED) is 0.810. The molecule has 0 amide bonds. The first-order chi connectivity index (χ1) is 8.24. The maximum atomic E-state index is 3.83. The van der Waals surface area contributed by atoms with E-state index in [-0.39, 0.29) is 0 Å². The Balaban J connectivity index is 1.83. The van der Waals surface area contributed by atoms with Crippen molar-refractivity contribution < 1.29 is 0 Å². The Morgan fingerprint density at radius 2 is 2.00 bits per heavy atom. The molecule has 0 aromatic heterocycles. The Kier molecular flexibility index (Phi) is 4.87. The van der Waals surface area contributed by atoms with Crippen molar-refractivity contribution in [2.45, 2.75) is 64.3 Å². The van der Waals surface area contributed by atoms with E-state index >= 15 is 0 Å². The molecule has 2 heteroatoms. The summed E-state index contributed by atoms with van der Waals surface area (Å²) in [6.07, 6.45) is 9.86. The van der Waals surface area contributed by atoms with Gasteiger partial charge in [0.05, 0.1) is 0 Å². The summed E-state index contributed by atoms with van der Waals surface area (Å²) in [5.41, 5.74) is 0.489. The van der Waals surface area contributed by atoms with Crippen molar-refractivity contribution in [3.05, 3.63) is 0 Å². The van der Waals surface area contributed by atoms with Gasteiger partial charge in [-0.05, 0) is 25.2 Å². The molecule has 2 fully saturated rings. The minimum Gasteiger partial charge on any atom is -0.309 e. The highest BCUT2D eigenvalue weighted by atomic mass is 15.2. The van der Waals surface area contributed by atoms with Crippen molar-refractivity contribution >= 4 is 0 Å². The van der Waals surface area contributed by atoms with Crippen molar-refractivity contribution in [1.82, 2.24) is 10.2 Å². The van der Waals surface area contributed by atoms with Gasteiger partial charge in [-0.1, -0.05) is 39.5 Å². The summed E-state index contributed by atoms with van der Waals surface area (Å²) in [6.45, 7) is 9.81. The Labute approximate surface area is 107 Å². The molecule has 1 saturated heterocycles. The van der Waals surface area contributed by atoms with Gasteiger partial charge in [-0.25, -0.2) is 0 Å². The van der Waals surface area contributed by atoms with Crippen molar-refractivity contribution in [3.63, 3.8) is 0 Å². The van der Waals surface area contributed by atoms with Crippen LogP contribution in [0.2, 0.25) is 0 Å². The average molecular weight is 238 g/mol. The van der Waals surface area contributed by atoms with Crippen molar-refractivity contribution in [2.75, 3.05) is 26.2 Å². The summed E-state index contributed by atoms with van der Waals surface area (Å²) < 4.78 is 0. The van der Waals surface area contributed by atoms with Crippen LogP contribution in [0.4, 0.5) is 0 Å². The van der Waals surface area contributed by atoms with Crippen LogP contribution in [0.3, 0.4) is 0 Å².